The molecule has 0 spiro atoms. The van der Waals surface area contributed by atoms with Gasteiger partial charge in [0.1, 0.15) is 5.65 Å². The first-order chi connectivity index (χ1) is 13.2. The third kappa shape index (κ3) is 3.31. The van der Waals surface area contributed by atoms with Crippen LogP contribution in [0.4, 0.5) is 0 Å². The van der Waals surface area contributed by atoms with Crippen molar-refractivity contribution < 1.29 is 4.79 Å². The van der Waals surface area contributed by atoms with Crippen LogP contribution in [0, 0.1) is 0 Å². The molecule has 0 saturated carbocycles. The minimum Gasteiger partial charge on any atom is -0.348 e. The first-order valence-corrected chi connectivity index (χ1v) is 8.93. The maximum Gasteiger partial charge on any atom is 0.265 e. The molecule has 1 N–H and O–H groups in total. The number of carbonyl (C=O) groups excluding carboxylic acids is 1. The number of aromatic nitrogens is 2. The van der Waals surface area contributed by atoms with E-state index in [4.69, 9.17) is 0 Å². The summed E-state index contributed by atoms with van der Waals surface area (Å²) in [5, 5.41) is 3.43. The summed E-state index contributed by atoms with van der Waals surface area (Å²) >= 11 is 0. The van der Waals surface area contributed by atoms with Crippen LogP contribution in [0.1, 0.15) is 28.4 Å². The molecular weight excluding hydrogens is 338 g/mol. The molecule has 0 aliphatic carbocycles. The summed E-state index contributed by atoms with van der Waals surface area (Å²) in [5.41, 5.74) is 3.71. The van der Waals surface area contributed by atoms with Crippen LogP contribution < -0.4 is 10.9 Å². The number of amides is 1. The van der Waals surface area contributed by atoms with E-state index in [2.05, 4.69) is 29.4 Å². The molecule has 0 bridgehead atoms. The minimum absolute atomic E-state index is 0.180. The van der Waals surface area contributed by atoms with Gasteiger partial charge in [-0.05, 0) is 41.8 Å². The summed E-state index contributed by atoms with van der Waals surface area (Å²) in [4.78, 5) is 29.7. The fourth-order valence-electron chi connectivity index (χ4n) is 3.06. The van der Waals surface area contributed by atoms with Gasteiger partial charge in [0.25, 0.3) is 11.5 Å². The quantitative estimate of drug-likeness (QED) is 0.570. The molecule has 134 valence electrons. The summed E-state index contributed by atoms with van der Waals surface area (Å²) in [5.74, 6) is -0.225. The summed E-state index contributed by atoms with van der Waals surface area (Å²) in [6, 6.07) is 18.7. The highest BCUT2D eigenvalue weighted by atomic mass is 16.1. The molecule has 2 heterocycles. The van der Waals surface area contributed by atoms with Gasteiger partial charge < -0.3 is 5.32 Å². The summed E-state index contributed by atoms with van der Waals surface area (Å²) in [7, 11) is 0. The van der Waals surface area contributed by atoms with Crippen LogP contribution >= 0.6 is 0 Å². The van der Waals surface area contributed by atoms with Crippen LogP contribution in [0.5, 0.6) is 0 Å². The van der Waals surface area contributed by atoms with E-state index in [9.17, 15) is 9.59 Å². The Labute approximate surface area is 156 Å². The Bertz CT molecular complexity index is 1190. The van der Waals surface area contributed by atoms with Crippen molar-refractivity contribution in [2.75, 3.05) is 0 Å². The molecule has 5 heteroatoms. The maximum atomic E-state index is 12.7. The zero-order valence-electron chi connectivity index (χ0n) is 15.0. The molecular formula is C22H19N3O2. The monoisotopic (exact) mass is 357 g/mol. The fraction of sp³-hybridized carbons (Fsp3) is 0.136. The summed E-state index contributed by atoms with van der Waals surface area (Å²) in [6.45, 7) is 2.54. The summed E-state index contributed by atoms with van der Waals surface area (Å²) < 4.78 is 1.42. The number of fused-ring (bicyclic) bond motifs is 2. The van der Waals surface area contributed by atoms with Crippen molar-refractivity contribution >= 4 is 22.5 Å². The van der Waals surface area contributed by atoms with Crippen LogP contribution in [0.25, 0.3) is 16.6 Å². The molecule has 5 nitrogen and oxygen atoms in total. The van der Waals surface area contributed by atoms with Gasteiger partial charge in [-0.15, -0.1) is 0 Å². The molecule has 0 atom stereocenters. The van der Waals surface area contributed by atoms with E-state index < -0.39 is 0 Å². The van der Waals surface area contributed by atoms with Gasteiger partial charge in [-0.1, -0.05) is 43.3 Å². The number of nitrogens with one attached hydrogen (secondary N) is 1. The van der Waals surface area contributed by atoms with Gasteiger partial charge >= 0.3 is 0 Å². The van der Waals surface area contributed by atoms with Crippen molar-refractivity contribution in [3.05, 3.63) is 93.9 Å². The Balaban J connectivity index is 1.60. The third-order valence-electron chi connectivity index (χ3n) is 4.66. The number of nitrogens with zero attached hydrogens (tertiary/aromatic N) is 2. The van der Waals surface area contributed by atoms with E-state index in [-0.39, 0.29) is 11.5 Å². The number of aryl methyl sites for hydroxylation is 1. The van der Waals surface area contributed by atoms with Crippen molar-refractivity contribution in [2.24, 2.45) is 0 Å². The van der Waals surface area contributed by atoms with Crippen molar-refractivity contribution in [3.8, 4) is 0 Å². The number of rotatable bonds is 4. The number of carbonyl (C=O) groups is 1. The Hall–Kier alpha value is -3.47. The third-order valence-corrected chi connectivity index (χ3v) is 4.66. The highest BCUT2D eigenvalue weighted by Gasteiger charge is 2.10. The lowest BCUT2D eigenvalue weighted by Gasteiger charge is -2.08. The number of hydrogen-bond acceptors (Lipinski definition) is 3. The number of para-hydroxylation sites is 1. The molecule has 0 unspecified atom stereocenters. The SMILES string of the molecule is CCc1ccc(CNC(=O)c2ccc3nc4ccccc4c(=O)n3c2)cc1. The van der Waals surface area contributed by atoms with Crippen LogP contribution in [0.3, 0.4) is 0 Å². The number of pyridine rings is 1. The average Bonchev–Trinajstić information content (AvgIpc) is 2.72. The normalized spacial score (nSPS) is 11.0. The number of hydrogen-bond donors (Lipinski definition) is 1. The van der Waals surface area contributed by atoms with Gasteiger partial charge in [-0.3, -0.25) is 14.0 Å². The number of benzene rings is 2. The first kappa shape index (κ1) is 17.0. The molecule has 0 radical (unpaired) electrons. The van der Waals surface area contributed by atoms with E-state index in [1.807, 2.05) is 18.2 Å². The fourth-order valence-corrected chi connectivity index (χ4v) is 3.06. The van der Waals surface area contributed by atoms with Crippen LogP contribution in [0.2, 0.25) is 0 Å². The second-order valence-corrected chi connectivity index (χ2v) is 6.43. The zero-order valence-corrected chi connectivity index (χ0v) is 15.0. The van der Waals surface area contributed by atoms with Crippen molar-refractivity contribution in [2.45, 2.75) is 19.9 Å². The Kier molecular flexibility index (Phi) is 4.42. The molecule has 4 aromatic rings. The minimum atomic E-state index is -0.225. The molecule has 2 aromatic carbocycles. The Morgan fingerprint density at radius 3 is 2.52 bits per heavy atom. The molecule has 2 aromatic heterocycles. The predicted molar refractivity (Wildman–Crippen MR) is 106 cm³/mol. The van der Waals surface area contributed by atoms with Crippen LogP contribution in [-0.2, 0) is 13.0 Å². The van der Waals surface area contributed by atoms with Gasteiger partial charge in [0.05, 0.1) is 16.5 Å². The molecule has 0 saturated heterocycles. The molecule has 0 fully saturated rings. The van der Waals surface area contributed by atoms with Gasteiger partial charge in [0.2, 0.25) is 0 Å². The second kappa shape index (κ2) is 7.03. The molecule has 4 rings (SSSR count). The lowest BCUT2D eigenvalue weighted by atomic mass is 10.1. The average molecular weight is 357 g/mol. The van der Waals surface area contributed by atoms with E-state index in [0.29, 0.717) is 28.7 Å². The predicted octanol–water partition coefficient (Wildman–Crippen LogP) is 3.34. The van der Waals surface area contributed by atoms with Crippen molar-refractivity contribution in [3.63, 3.8) is 0 Å². The maximum absolute atomic E-state index is 12.7. The zero-order chi connectivity index (χ0) is 18.8. The van der Waals surface area contributed by atoms with Gasteiger partial charge in [-0.25, -0.2) is 4.98 Å². The van der Waals surface area contributed by atoms with Gasteiger partial charge in [0.15, 0.2) is 0 Å². The van der Waals surface area contributed by atoms with Gasteiger partial charge in [0, 0.05) is 12.7 Å². The smallest absolute Gasteiger partial charge is 0.265 e. The summed E-state index contributed by atoms with van der Waals surface area (Å²) in [6.07, 6.45) is 2.54. The second-order valence-electron chi connectivity index (χ2n) is 6.43. The molecule has 1 amide bonds. The Morgan fingerprint density at radius 1 is 1.00 bits per heavy atom. The highest BCUT2D eigenvalue weighted by Crippen LogP contribution is 2.10. The van der Waals surface area contributed by atoms with E-state index in [1.165, 1.54) is 9.96 Å². The van der Waals surface area contributed by atoms with E-state index in [0.717, 1.165) is 12.0 Å². The highest BCUT2D eigenvalue weighted by molar-refractivity contribution is 5.94. The lowest BCUT2D eigenvalue weighted by Crippen LogP contribution is -2.24. The molecule has 27 heavy (non-hydrogen) atoms. The van der Waals surface area contributed by atoms with Crippen molar-refractivity contribution in [1.29, 1.82) is 0 Å². The lowest BCUT2D eigenvalue weighted by molar-refractivity contribution is 0.0950. The largest absolute Gasteiger partial charge is 0.348 e. The standard InChI is InChI=1S/C22H19N3O2/c1-2-15-7-9-16(10-8-15)13-23-21(26)17-11-12-20-24-19-6-4-3-5-18(19)22(27)25(20)14-17/h3-12,14H,2,13H2,1H3,(H,23,26). The molecule has 0 aliphatic heterocycles. The van der Waals surface area contributed by atoms with E-state index >= 15 is 0 Å². The van der Waals surface area contributed by atoms with E-state index in [1.54, 1.807) is 36.5 Å². The Morgan fingerprint density at radius 2 is 1.74 bits per heavy atom. The van der Waals surface area contributed by atoms with Crippen molar-refractivity contribution in [1.82, 2.24) is 14.7 Å². The van der Waals surface area contributed by atoms with Gasteiger partial charge in [-0.2, -0.15) is 0 Å². The van der Waals surface area contributed by atoms with Crippen LogP contribution in [-0.4, -0.2) is 15.3 Å². The van der Waals surface area contributed by atoms with Crippen LogP contribution in [0.15, 0.2) is 71.7 Å². The molecule has 0 aliphatic rings. The first-order valence-electron chi connectivity index (χ1n) is 8.93. The topological polar surface area (TPSA) is 63.5 Å².